The summed E-state index contributed by atoms with van der Waals surface area (Å²) in [6, 6.07) is 14.4. The smallest absolute Gasteiger partial charge is 0.245 e. The highest BCUT2D eigenvalue weighted by Crippen LogP contribution is 2.35. The number of hydrogen-bond acceptors (Lipinski definition) is 5. The standard InChI is InChI=1S/C21H25N3O4S/c1-14(2)21(25)24-20(15-8-10-18(28-3)11-9-15)13-19(22-24)16-6-5-7-17(12-16)23-29(4,26)27/h5-12,14,20,23H,13H2,1-4H3/t20-/m1/s1. The fourth-order valence-electron chi connectivity index (χ4n) is 3.21. The Balaban J connectivity index is 1.95. The Bertz CT molecular complexity index is 1030. The van der Waals surface area contributed by atoms with E-state index in [0.717, 1.165) is 28.8 Å². The molecule has 1 aliphatic rings. The Morgan fingerprint density at radius 3 is 2.48 bits per heavy atom. The number of ether oxygens (including phenoxy) is 1. The quantitative estimate of drug-likeness (QED) is 0.783. The predicted molar refractivity (Wildman–Crippen MR) is 113 cm³/mol. The number of hydrogen-bond donors (Lipinski definition) is 1. The number of anilines is 1. The van der Waals surface area contributed by atoms with Gasteiger partial charge >= 0.3 is 0 Å². The van der Waals surface area contributed by atoms with Crippen molar-refractivity contribution in [2.24, 2.45) is 11.0 Å². The van der Waals surface area contributed by atoms with Gasteiger partial charge in [0.25, 0.3) is 0 Å². The first kappa shape index (κ1) is 20.9. The Morgan fingerprint density at radius 2 is 1.90 bits per heavy atom. The topological polar surface area (TPSA) is 88.1 Å². The van der Waals surface area contributed by atoms with Crippen LogP contribution in [-0.4, -0.2) is 38.4 Å². The van der Waals surface area contributed by atoms with Crippen LogP contribution in [0.5, 0.6) is 5.75 Å². The van der Waals surface area contributed by atoms with Crippen molar-refractivity contribution in [3.05, 3.63) is 59.7 Å². The number of methoxy groups -OCH3 is 1. The first-order valence-electron chi connectivity index (χ1n) is 9.30. The summed E-state index contributed by atoms with van der Waals surface area (Å²) in [7, 11) is -1.77. The predicted octanol–water partition coefficient (Wildman–Crippen LogP) is 3.40. The van der Waals surface area contributed by atoms with E-state index < -0.39 is 10.0 Å². The summed E-state index contributed by atoms with van der Waals surface area (Å²) in [5, 5.41) is 6.15. The molecule has 1 N–H and O–H groups in total. The number of carbonyl (C=O) groups excluding carboxylic acids is 1. The van der Waals surface area contributed by atoms with E-state index in [1.165, 1.54) is 0 Å². The first-order valence-corrected chi connectivity index (χ1v) is 11.2. The van der Waals surface area contributed by atoms with Gasteiger partial charge in [-0.2, -0.15) is 5.10 Å². The zero-order valence-electron chi connectivity index (χ0n) is 16.9. The lowest BCUT2D eigenvalue weighted by atomic mass is 9.97. The number of hydrazone groups is 1. The highest BCUT2D eigenvalue weighted by atomic mass is 32.2. The van der Waals surface area contributed by atoms with E-state index in [1.54, 1.807) is 30.3 Å². The van der Waals surface area contributed by atoms with Gasteiger partial charge in [-0.15, -0.1) is 0 Å². The van der Waals surface area contributed by atoms with Crippen LogP contribution in [0.15, 0.2) is 53.6 Å². The molecule has 0 saturated heterocycles. The molecule has 154 valence electrons. The van der Waals surface area contributed by atoms with Crippen LogP contribution in [-0.2, 0) is 14.8 Å². The minimum absolute atomic E-state index is 0.0637. The Hall–Kier alpha value is -2.87. The van der Waals surface area contributed by atoms with Crippen LogP contribution < -0.4 is 9.46 Å². The molecule has 1 heterocycles. The SMILES string of the molecule is COc1ccc([C@H]2CC(c3cccc(NS(C)(=O)=O)c3)=NN2C(=O)C(C)C)cc1. The van der Waals surface area contributed by atoms with E-state index in [2.05, 4.69) is 9.82 Å². The van der Waals surface area contributed by atoms with Crippen LogP contribution in [0.4, 0.5) is 5.69 Å². The molecule has 0 radical (unpaired) electrons. The second kappa shape index (κ2) is 8.24. The van der Waals surface area contributed by atoms with E-state index in [0.29, 0.717) is 12.1 Å². The Kier molecular flexibility index (Phi) is 5.93. The van der Waals surface area contributed by atoms with E-state index in [-0.39, 0.29) is 17.9 Å². The third-order valence-electron chi connectivity index (χ3n) is 4.63. The summed E-state index contributed by atoms with van der Waals surface area (Å²) in [4.78, 5) is 12.8. The zero-order valence-corrected chi connectivity index (χ0v) is 17.7. The molecule has 0 unspecified atom stereocenters. The van der Waals surface area contributed by atoms with E-state index >= 15 is 0 Å². The highest BCUT2D eigenvalue weighted by molar-refractivity contribution is 7.92. The molecule has 0 bridgehead atoms. The lowest BCUT2D eigenvalue weighted by Crippen LogP contribution is -2.30. The van der Waals surface area contributed by atoms with Gasteiger partial charge in [0.2, 0.25) is 15.9 Å². The molecule has 0 saturated carbocycles. The molecule has 3 rings (SSSR count). The summed E-state index contributed by atoms with van der Waals surface area (Å²) in [5.74, 6) is 0.484. The third kappa shape index (κ3) is 4.95. The van der Waals surface area contributed by atoms with Crippen molar-refractivity contribution in [2.45, 2.75) is 26.3 Å². The van der Waals surface area contributed by atoms with Gasteiger partial charge in [0.05, 0.1) is 25.1 Å². The molecule has 0 aliphatic carbocycles. The summed E-state index contributed by atoms with van der Waals surface area (Å²) in [6.45, 7) is 3.69. The van der Waals surface area contributed by atoms with Crippen molar-refractivity contribution in [1.29, 1.82) is 0 Å². The molecular weight excluding hydrogens is 390 g/mol. The van der Waals surface area contributed by atoms with Gasteiger partial charge in [0.15, 0.2) is 0 Å². The number of sulfonamides is 1. The molecule has 29 heavy (non-hydrogen) atoms. The average molecular weight is 416 g/mol. The van der Waals surface area contributed by atoms with Crippen LogP contribution in [0.2, 0.25) is 0 Å². The second-order valence-electron chi connectivity index (χ2n) is 7.33. The highest BCUT2D eigenvalue weighted by Gasteiger charge is 2.34. The van der Waals surface area contributed by atoms with Crippen LogP contribution in [0.25, 0.3) is 0 Å². The van der Waals surface area contributed by atoms with E-state index in [4.69, 9.17) is 4.74 Å². The summed E-state index contributed by atoms with van der Waals surface area (Å²) in [5.41, 5.74) is 2.93. The lowest BCUT2D eigenvalue weighted by molar-refractivity contribution is -0.136. The maximum Gasteiger partial charge on any atom is 0.245 e. The van der Waals surface area contributed by atoms with Gasteiger partial charge < -0.3 is 4.74 Å². The van der Waals surface area contributed by atoms with E-state index in [1.807, 2.05) is 44.2 Å². The van der Waals surface area contributed by atoms with Crippen molar-refractivity contribution in [3.63, 3.8) is 0 Å². The third-order valence-corrected chi connectivity index (χ3v) is 5.24. The molecule has 0 spiro atoms. The molecule has 1 amide bonds. The average Bonchev–Trinajstić information content (AvgIpc) is 3.11. The number of rotatable bonds is 6. The maximum atomic E-state index is 12.8. The van der Waals surface area contributed by atoms with Crippen molar-refractivity contribution >= 4 is 27.3 Å². The Labute approximate surface area is 171 Å². The molecular formula is C21H25N3O4S. The van der Waals surface area contributed by atoms with Crippen molar-refractivity contribution in [2.75, 3.05) is 18.1 Å². The molecule has 7 nitrogen and oxygen atoms in total. The van der Waals surface area contributed by atoms with Gasteiger partial charge in [0.1, 0.15) is 5.75 Å². The summed E-state index contributed by atoms with van der Waals surface area (Å²) < 4.78 is 30.8. The molecule has 1 aliphatic heterocycles. The normalized spacial score (nSPS) is 16.7. The van der Waals surface area contributed by atoms with Crippen LogP contribution in [0.1, 0.15) is 37.4 Å². The molecule has 1 atom stereocenters. The zero-order chi connectivity index (χ0) is 21.2. The van der Waals surface area contributed by atoms with Crippen molar-refractivity contribution in [1.82, 2.24) is 5.01 Å². The van der Waals surface area contributed by atoms with Crippen molar-refractivity contribution in [3.8, 4) is 5.75 Å². The maximum absolute atomic E-state index is 12.8. The van der Waals surface area contributed by atoms with E-state index in [9.17, 15) is 13.2 Å². The molecule has 2 aromatic rings. The second-order valence-corrected chi connectivity index (χ2v) is 9.08. The number of nitrogens with zero attached hydrogens (tertiary/aromatic N) is 2. The molecule has 8 heteroatoms. The summed E-state index contributed by atoms with van der Waals surface area (Å²) >= 11 is 0. The summed E-state index contributed by atoms with van der Waals surface area (Å²) in [6.07, 6.45) is 1.64. The molecule has 0 aromatic heterocycles. The monoisotopic (exact) mass is 415 g/mol. The fraction of sp³-hybridized carbons (Fsp3) is 0.333. The number of amides is 1. The number of benzene rings is 2. The minimum Gasteiger partial charge on any atom is -0.497 e. The number of nitrogens with one attached hydrogen (secondary N) is 1. The minimum atomic E-state index is -3.38. The van der Waals surface area contributed by atoms with Gasteiger partial charge in [-0.3, -0.25) is 9.52 Å². The molecule has 0 fully saturated rings. The van der Waals surface area contributed by atoms with Gasteiger partial charge in [-0.05, 0) is 35.4 Å². The van der Waals surface area contributed by atoms with Crippen molar-refractivity contribution < 1.29 is 17.9 Å². The van der Waals surface area contributed by atoms with Crippen LogP contribution in [0, 0.1) is 5.92 Å². The van der Waals surface area contributed by atoms with Gasteiger partial charge in [-0.25, -0.2) is 13.4 Å². The molecule has 2 aromatic carbocycles. The van der Waals surface area contributed by atoms with Crippen LogP contribution >= 0.6 is 0 Å². The van der Waals surface area contributed by atoms with Crippen LogP contribution in [0.3, 0.4) is 0 Å². The number of carbonyl (C=O) groups is 1. The largest absolute Gasteiger partial charge is 0.497 e. The first-order chi connectivity index (χ1) is 13.7. The van der Waals surface area contributed by atoms with Gasteiger partial charge in [-0.1, -0.05) is 38.1 Å². The van der Waals surface area contributed by atoms with Gasteiger partial charge in [0, 0.05) is 18.0 Å². The lowest BCUT2D eigenvalue weighted by Gasteiger charge is -2.23. The fourth-order valence-corrected chi connectivity index (χ4v) is 3.77. The Morgan fingerprint density at radius 1 is 1.21 bits per heavy atom.